The van der Waals surface area contributed by atoms with E-state index in [1.807, 2.05) is 0 Å². The van der Waals surface area contributed by atoms with Crippen LogP contribution in [0, 0.1) is 0 Å². The van der Waals surface area contributed by atoms with Crippen LogP contribution in [0.3, 0.4) is 0 Å². The zero-order valence-corrected chi connectivity index (χ0v) is 38.6. The molecule has 1 aliphatic heterocycles. The van der Waals surface area contributed by atoms with Crippen LogP contribution in [-0.4, -0.2) is 64.8 Å². The van der Waals surface area contributed by atoms with Gasteiger partial charge in [-0.3, -0.25) is 4.79 Å². The third-order valence-electron chi connectivity index (χ3n) is 11.2. The Balaban J connectivity index is 2.32. The number of rotatable bonds is 40. The van der Waals surface area contributed by atoms with Gasteiger partial charge in [-0.15, -0.1) is 9.42 Å². The summed E-state index contributed by atoms with van der Waals surface area (Å²) in [5, 5.41) is 12.6. The van der Waals surface area contributed by atoms with Crippen molar-refractivity contribution in [3.63, 3.8) is 0 Å². The molecule has 0 aromatic heterocycles. The summed E-state index contributed by atoms with van der Waals surface area (Å²) in [6.45, 7) is 5.00. The van der Waals surface area contributed by atoms with Gasteiger partial charge in [0.05, 0.1) is 19.2 Å². The van der Waals surface area contributed by atoms with Crippen molar-refractivity contribution in [1.29, 1.82) is 0 Å². The largest absolute Gasteiger partial charge is 0.695 e. The predicted molar refractivity (Wildman–Crippen MR) is 247 cm³/mol. The number of hydrogen-bond acceptors (Lipinski definition) is 6. The summed E-state index contributed by atoms with van der Waals surface area (Å²) in [7, 11) is -2.75. The molecule has 59 heavy (non-hydrogen) atoms. The quantitative estimate of drug-likeness (QED) is 0.0318. The number of ether oxygens (including phenoxy) is 1. The lowest BCUT2D eigenvalue weighted by atomic mass is 10.0. The predicted octanol–water partition coefficient (Wildman–Crippen LogP) is 13.7. The van der Waals surface area contributed by atoms with E-state index >= 15 is 0 Å². The molecule has 340 valence electrons. The maximum absolute atomic E-state index is 12.8. The van der Waals surface area contributed by atoms with Crippen LogP contribution in [0.2, 0.25) is 0 Å². The van der Waals surface area contributed by atoms with Gasteiger partial charge in [0.1, 0.15) is 12.2 Å². The van der Waals surface area contributed by atoms with Gasteiger partial charge in [0.15, 0.2) is 0 Å². The van der Waals surface area contributed by atoms with Gasteiger partial charge in [-0.1, -0.05) is 146 Å². The second-order valence-electron chi connectivity index (χ2n) is 16.6. The number of aliphatic hydroxyl groups excluding tert-OH is 1. The normalized spacial score (nSPS) is 16.2. The molecule has 0 bridgehead atoms. The fourth-order valence-electron chi connectivity index (χ4n) is 7.64. The van der Waals surface area contributed by atoms with Crippen LogP contribution < -0.4 is 5.32 Å². The van der Waals surface area contributed by atoms with Gasteiger partial charge in [0.2, 0.25) is 5.91 Å². The molecule has 0 aliphatic carbocycles. The number of amides is 2. The van der Waals surface area contributed by atoms with Crippen molar-refractivity contribution in [2.45, 2.75) is 231 Å². The van der Waals surface area contributed by atoms with Gasteiger partial charge < -0.3 is 20.1 Å². The summed E-state index contributed by atoms with van der Waals surface area (Å²) in [5.74, 6) is -0.0910. The van der Waals surface area contributed by atoms with Crippen molar-refractivity contribution in [3.8, 4) is 0 Å². The number of alkyl carbamates (subject to hydrolysis) is 1. The molecule has 3 atom stereocenters. The molecule has 10 heteroatoms. The van der Waals surface area contributed by atoms with Crippen LogP contribution in [-0.2, 0) is 18.6 Å². The molecule has 1 unspecified atom stereocenters. The first-order valence-electron chi connectivity index (χ1n) is 24.2. The highest BCUT2D eigenvalue weighted by Crippen LogP contribution is 2.28. The first kappa shape index (κ1) is 54.7. The Morgan fingerprint density at radius 2 is 1.12 bits per heavy atom. The Bertz CT molecular complexity index is 1100. The second kappa shape index (κ2) is 41.1. The third kappa shape index (κ3) is 34.0. The minimum atomic E-state index is -2.75. The molecule has 0 aromatic rings. The van der Waals surface area contributed by atoms with E-state index in [2.05, 4.69) is 67.8 Å². The van der Waals surface area contributed by atoms with Crippen LogP contribution in [0.25, 0.3) is 0 Å². The summed E-state index contributed by atoms with van der Waals surface area (Å²) in [4.78, 5) is 36.1. The van der Waals surface area contributed by atoms with E-state index in [9.17, 15) is 19.3 Å². The fourth-order valence-corrected chi connectivity index (χ4v) is 8.05. The minimum Gasteiger partial charge on any atom is -0.446 e. The van der Waals surface area contributed by atoms with Crippen LogP contribution in [0.15, 0.2) is 48.6 Å². The molecule has 2 amide bonds. The van der Waals surface area contributed by atoms with Crippen LogP contribution >= 0.6 is 8.25 Å². The summed E-state index contributed by atoms with van der Waals surface area (Å²) in [6.07, 6.45) is 51.4. The second-order valence-corrected chi connectivity index (χ2v) is 17.3. The highest BCUT2D eigenvalue weighted by molar-refractivity contribution is 7.32. The van der Waals surface area contributed by atoms with Gasteiger partial charge in [-0.2, -0.15) is 0 Å². The van der Waals surface area contributed by atoms with Crippen molar-refractivity contribution in [2.24, 2.45) is 0 Å². The molecule has 1 heterocycles. The van der Waals surface area contributed by atoms with Gasteiger partial charge in [-0.05, 0) is 103 Å². The molecule has 0 saturated carbocycles. The molecule has 1 aliphatic rings. The number of nitrogens with one attached hydrogen (secondary N) is 1. The lowest BCUT2D eigenvalue weighted by molar-refractivity contribution is -0.133. The zero-order valence-electron chi connectivity index (χ0n) is 37.7. The average molecular weight is 848 g/mol. The van der Waals surface area contributed by atoms with E-state index in [0.717, 1.165) is 64.2 Å². The highest BCUT2D eigenvalue weighted by atomic mass is 31.1. The first-order valence-corrected chi connectivity index (χ1v) is 25.3. The van der Waals surface area contributed by atoms with Crippen molar-refractivity contribution >= 4 is 20.3 Å². The van der Waals surface area contributed by atoms with Gasteiger partial charge >= 0.3 is 14.3 Å². The standard InChI is InChI=1S/C49H87N2O7P/c1-3-5-7-9-11-13-15-17-19-21-23-25-27-29-31-34-38-46(39-35-32-30-28-26-24-22-20-18-16-14-12-10-8-6-4-2)57-49(54)50-41-37-33-36-40-48(53)51-43-47(58-59(55)56)42-45(51)44-52/h11-14,17-20,45-47,52H,3-10,15-16,21-44H2,1-2H3,(H-,50,54,55,56)/p+1/b13-11-,14-12-,19-17-,20-18-/t45-,47+/m0/s1. The molecule has 1 rings (SSSR count). The summed E-state index contributed by atoms with van der Waals surface area (Å²) in [5.41, 5.74) is 0. The number of carbonyl (C=O) groups excluding carboxylic acids is 2. The molecule has 0 radical (unpaired) electrons. The Morgan fingerprint density at radius 3 is 1.59 bits per heavy atom. The van der Waals surface area contributed by atoms with Crippen molar-refractivity contribution in [2.75, 3.05) is 19.7 Å². The topological polar surface area (TPSA) is 125 Å². The van der Waals surface area contributed by atoms with Gasteiger partial charge in [-0.25, -0.2) is 4.79 Å². The SMILES string of the molecule is CCCCC/C=C\C/C=C\CCCCCCCCC(CCCCCCCC/C=C\C/C=C\CCCCC)OC(=O)NCCCCCC(=O)N1C[C@H](O[P+](=O)O)C[C@H]1CO. The van der Waals surface area contributed by atoms with Crippen LogP contribution in [0.4, 0.5) is 4.79 Å². The molecule has 1 saturated heterocycles. The number of allylic oxidation sites excluding steroid dienone is 8. The number of hydrogen-bond donors (Lipinski definition) is 3. The van der Waals surface area contributed by atoms with Crippen molar-refractivity contribution in [3.05, 3.63) is 48.6 Å². The number of carbonyl (C=O) groups is 2. The Hall–Kier alpha value is -2.32. The Labute approximate surface area is 362 Å². The molecule has 3 N–H and O–H groups in total. The molecular formula is C49H88N2O7P+. The highest BCUT2D eigenvalue weighted by Gasteiger charge is 2.39. The van der Waals surface area contributed by atoms with E-state index in [1.165, 1.54) is 116 Å². The lowest BCUT2D eigenvalue weighted by Gasteiger charge is -2.22. The number of aliphatic hydroxyl groups is 1. The van der Waals surface area contributed by atoms with Crippen LogP contribution in [0.1, 0.15) is 213 Å². The Kier molecular flexibility index (Phi) is 38.1. The molecule has 9 nitrogen and oxygen atoms in total. The summed E-state index contributed by atoms with van der Waals surface area (Å²) >= 11 is 0. The molecule has 0 aromatic carbocycles. The lowest BCUT2D eigenvalue weighted by Crippen LogP contribution is -2.37. The van der Waals surface area contributed by atoms with E-state index in [-0.39, 0.29) is 31.3 Å². The zero-order chi connectivity index (χ0) is 42.9. The number of likely N-dealkylation sites (tertiary alicyclic amines) is 1. The summed E-state index contributed by atoms with van der Waals surface area (Å²) in [6, 6.07) is -0.392. The molecule has 0 spiro atoms. The Morgan fingerprint density at radius 1 is 0.661 bits per heavy atom. The molecule has 1 fully saturated rings. The average Bonchev–Trinajstić information content (AvgIpc) is 3.63. The maximum Gasteiger partial charge on any atom is 0.695 e. The third-order valence-corrected chi connectivity index (χ3v) is 11.7. The monoisotopic (exact) mass is 848 g/mol. The van der Waals surface area contributed by atoms with E-state index in [1.54, 1.807) is 4.90 Å². The smallest absolute Gasteiger partial charge is 0.446 e. The fraction of sp³-hybridized carbons (Fsp3) is 0.796. The van der Waals surface area contributed by atoms with Crippen LogP contribution in [0.5, 0.6) is 0 Å². The van der Waals surface area contributed by atoms with Gasteiger partial charge in [0.25, 0.3) is 0 Å². The van der Waals surface area contributed by atoms with E-state index in [0.29, 0.717) is 25.8 Å². The maximum atomic E-state index is 12.8. The molecular weight excluding hydrogens is 760 g/mol. The number of nitrogens with zero attached hydrogens (tertiary/aromatic N) is 1. The van der Waals surface area contributed by atoms with Crippen molar-refractivity contribution < 1.29 is 33.4 Å². The number of unbranched alkanes of at least 4 members (excludes halogenated alkanes) is 20. The van der Waals surface area contributed by atoms with E-state index in [4.69, 9.17) is 14.2 Å². The minimum absolute atomic E-state index is 0.0546. The van der Waals surface area contributed by atoms with Gasteiger partial charge in [0, 0.05) is 24.0 Å². The van der Waals surface area contributed by atoms with Crippen molar-refractivity contribution in [1.82, 2.24) is 10.2 Å². The van der Waals surface area contributed by atoms with E-state index < -0.39 is 20.4 Å². The first-order chi connectivity index (χ1) is 28.9. The summed E-state index contributed by atoms with van der Waals surface area (Å²) < 4.78 is 22.0.